The summed E-state index contributed by atoms with van der Waals surface area (Å²) in [6, 6.07) is 16.0. The molecule has 1 aliphatic heterocycles. The number of anilines is 1. The SMILES string of the molecule is O=C(CCCOc1ccccc1F)N1CCN(c2nnnn2-c2ccccc2)CC1. The first-order valence-corrected chi connectivity index (χ1v) is 9.96. The molecule has 2 aromatic carbocycles. The zero-order valence-electron chi connectivity index (χ0n) is 16.5. The molecular weight excluding hydrogens is 387 g/mol. The summed E-state index contributed by atoms with van der Waals surface area (Å²) in [6.07, 6.45) is 0.913. The molecule has 0 aliphatic carbocycles. The van der Waals surface area contributed by atoms with Crippen molar-refractivity contribution in [2.24, 2.45) is 0 Å². The van der Waals surface area contributed by atoms with Gasteiger partial charge in [0.05, 0.1) is 12.3 Å². The quantitative estimate of drug-likeness (QED) is 0.557. The zero-order chi connectivity index (χ0) is 20.8. The number of piperazine rings is 1. The minimum atomic E-state index is -0.391. The second kappa shape index (κ2) is 9.34. The third-order valence-electron chi connectivity index (χ3n) is 5.00. The van der Waals surface area contributed by atoms with E-state index >= 15 is 0 Å². The van der Waals surface area contributed by atoms with Gasteiger partial charge in [-0.05, 0) is 41.1 Å². The van der Waals surface area contributed by atoms with Crippen molar-refractivity contribution in [2.45, 2.75) is 12.8 Å². The number of para-hydroxylation sites is 2. The summed E-state index contributed by atoms with van der Waals surface area (Å²) in [4.78, 5) is 16.4. The molecule has 0 atom stereocenters. The van der Waals surface area contributed by atoms with Gasteiger partial charge in [-0.3, -0.25) is 4.79 Å². The van der Waals surface area contributed by atoms with E-state index in [-0.39, 0.29) is 11.7 Å². The molecule has 1 saturated heterocycles. The molecule has 8 nitrogen and oxygen atoms in total. The van der Waals surface area contributed by atoms with Gasteiger partial charge in [0.1, 0.15) is 0 Å². The van der Waals surface area contributed by atoms with E-state index in [0.29, 0.717) is 51.6 Å². The second-order valence-corrected chi connectivity index (χ2v) is 6.98. The van der Waals surface area contributed by atoms with Crippen LogP contribution in [0.4, 0.5) is 10.3 Å². The molecule has 1 fully saturated rings. The lowest BCUT2D eigenvalue weighted by molar-refractivity contribution is -0.131. The Morgan fingerprint density at radius 3 is 2.50 bits per heavy atom. The summed E-state index contributed by atoms with van der Waals surface area (Å²) in [5.41, 5.74) is 0.894. The molecule has 3 aromatic rings. The molecule has 0 bridgehead atoms. The van der Waals surface area contributed by atoms with Crippen LogP contribution in [-0.2, 0) is 4.79 Å². The summed E-state index contributed by atoms with van der Waals surface area (Å²) < 4.78 is 20.7. The summed E-state index contributed by atoms with van der Waals surface area (Å²) in [6.45, 7) is 2.83. The number of tetrazole rings is 1. The second-order valence-electron chi connectivity index (χ2n) is 6.98. The van der Waals surface area contributed by atoms with Crippen molar-refractivity contribution in [2.75, 3.05) is 37.7 Å². The van der Waals surface area contributed by atoms with Crippen LogP contribution in [0.2, 0.25) is 0 Å². The Hall–Kier alpha value is -3.49. The van der Waals surface area contributed by atoms with Crippen molar-refractivity contribution in [1.82, 2.24) is 25.1 Å². The van der Waals surface area contributed by atoms with Crippen LogP contribution in [0.15, 0.2) is 54.6 Å². The van der Waals surface area contributed by atoms with E-state index < -0.39 is 5.82 Å². The number of carbonyl (C=O) groups is 1. The van der Waals surface area contributed by atoms with E-state index in [1.807, 2.05) is 35.2 Å². The van der Waals surface area contributed by atoms with Gasteiger partial charge < -0.3 is 14.5 Å². The Morgan fingerprint density at radius 1 is 1.00 bits per heavy atom. The molecule has 30 heavy (non-hydrogen) atoms. The summed E-state index contributed by atoms with van der Waals surface area (Å²) >= 11 is 0. The van der Waals surface area contributed by atoms with E-state index in [0.717, 1.165) is 5.69 Å². The fraction of sp³-hybridized carbons (Fsp3) is 0.333. The smallest absolute Gasteiger partial charge is 0.250 e. The summed E-state index contributed by atoms with van der Waals surface area (Å²) in [5.74, 6) is 0.577. The molecular formula is C21H23FN6O2. The maximum absolute atomic E-state index is 13.5. The first-order chi connectivity index (χ1) is 14.7. The molecule has 0 saturated carbocycles. The van der Waals surface area contributed by atoms with Crippen LogP contribution in [0, 0.1) is 5.82 Å². The minimum absolute atomic E-state index is 0.0782. The van der Waals surface area contributed by atoms with Gasteiger partial charge in [0.2, 0.25) is 11.9 Å². The number of rotatable bonds is 7. The molecule has 0 unspecified atom stereocenters. The monoisotopic (exact) mass is 410 g/mol. The van der Waals surface area contributed by atoms with Crippen LogP contribution >= 0.6 is 0 Å². The van der Waals surface area contributed by atoms with Gasteiger partial charge in [-0.1, -0.05) is 35.4 Å². The molecule has 1 aromatic heterocycles. The number of halogens is 1. The van der Waals surface area contributed by atoms with Gasteiger partial charge >= 0.3 is 0 Å². The molecule has 4 rings (SSSR count). The van der Waals surface area contributed by atoms with Crippen molar-refractivity contribution in [3.63, 3.8) is 0 Å². The minimum Gasteiger partial charge on any atom is -0.491 e. The Kier molecular flexibility index (Phi) is 6.17. The first-order valence-electron chi connectivity index (χ1n) is 9.96. The maximum Gasteiger partial charge on any atom is 0.250 e. The maximum atomic E-state index is 13.5. The molecule has 9 heteroatoms. The van der Waals surface area contributed by atoms with E-state index in [1.165, 1.54) is 6.07 Å². The molecule has 0 N–H and O–H groups in total. The highest BCUT2D eigenvalue weighted by Gasteiger charge is 2.24. The Balaban J connectivity index is 1.24. The van der Waals surface area contributed by atoms with Gasteiger partial charge in [0.25, 0.3) is 0 Å². The summed E-state index contributed by atoms with van der Waals surface area (Å²) in [7, 11) is 0. The van der Waals surface area contributed by atoms with Crippen LogP contribution in [0.3, 0.4) is 0 Å². The number of nitrogens with zero attached hydrogens (tertiary/aromatic N) is 6. The molecule has 0 spiro atoms. The van der Waals surface area contributed by atoms with Crippen molar-refractivity contribution >= 4 is 11.9 Å². The lowest BCUT2D eigenvalue weighted by Crippen LogP contribution is -2.49. The van der Waals surface area contributed by atoms with Gasteiger partial charge in [-0.15, -0.1) is 0 Å². The Labute approximate surface area is 173 Å². The number of hydrogen-bond donors (Lipinski definition) is 0. The van der Waals surface area contributed by atoms with E-state index in [4.69, 9.17) is 4.74 Å². The van der Waals surface area contributed by atoms with Crippen molar-refractivity contribution in [3.8, 4) is 11.4 Å². The highest BCUT2D eigenvalue weighted by atomic mass is 19.1. The van der Waals surface area contributed by atoms with E-state index in [1.54, 1.807) is 22.9 Å². The van der Waals surface area contributed by atoms with Crippen molar-refractivity contribution < 1.29 is 13.9 Å². The number of ether oxygens (including phenoxy) is 1. The average Bonchev–Trinajstić information content (AvgIpc) is 3.28. The Bertz CT molecular complexity index is 972. The zero-order valence-corrected chi connectivity index (χ0v) is 16.5. The molecule has 1 amide bonds. The fourth-order valence-corrected chi connectivity index (χ4v) is 3.40. The van der Waals surface area contributed by atoms with Crippen LogP contribution in [0.25, 0.3) is 5.69 Å². The van der Waals surface area contributed by atoms with Gasteiger partial charge in [0, 0.05) is 32.6 Å². The number of aromatic nitrogens is 4. The van der Waals surface area contributed by atoms with Crippen LogP contribution in [-0.4, -0.2) is 63.8 Å². The van der Waals surface area contributed by atoms with E-state index in [2.05, 4.69) is 20.4 Å². The summed E-state index contributed by atoms with van der Waals surface area (Å²) in [5, 5.41) is 12.1. The van der Waals surface area contributed by atoms with Crippen LogP contribution < -0.4 is 9.64 Å². The molecule has 0 radical (unpaired) electrons. The van der Waals surface area contributed by atoms with Crippen LogP contribution in [0.1, 0.15) is 12.8 Å². The molecule has 1 aliphatic rings. The molecule has 156 valence electrons. The lowest BCUT2D eigenvalue weighted by atomic mass is 10.2. The first kappa shape index (κ1) is 19.8. The van der Waals surface area contributed by atoms with Crippen molar-refractivity contribution in [3.05, 3.63) is 60.4 Å². The standard InChI is InChI=1S/C21H23FN6O2/c22-18-9-4-5-10-19(18)30-16-6-11-20(29)26-12-14-27(15-13-26)21-23-24-25-28(21)17-7-2-1-3-8-17/h1-5,7-10H,6,11-16H2. The highest BCUT2D eigenvalue weighted by molar-refractivity contribution is 5.76. The normalized spacial score (nSPS) is 14.0. The number of hydrogen-bond acceptors (Lipinski definition) is 6. The predicted molar refractivity (Wildman–Crippen MR) is 109 cm³/mol. The van der Waals surface area contributed by atoms with Gasteiger partial charge in [0.15, 0.2) is 11.6 Å². The average molecular weight is 410 g/mol. The number of benzene rings is 2. The van der Waals surface area contributed by atoms with Crippen LogP contribution in [0.5, 0.6) is 5.75 Å². The predicted octanol–water partition coefficient (Wildman–Crippen LogP) is 2.31. The number of amides is 1. The van der Waals surface area contributed by atoms with E-state index in [9.17, 15) is 9.18 Å². The lowest BCUT2D eigenvalue weighted by Gasteiger charge is -2.34. The largest absolute Gasteiger partial charge is 0.491 e. The fourth-order valence-electron chi connectivity index (χ4n) is 3.40. The highest BCUT2D eigenvalue weighted by Crippen LogP contribution is 2.18. The van der Waals surface area contributed by atoms with Gasteiger partial charge in [-0.2, -0.15) is 4.68 Å². The third kappa shape index (κ3) is 4.56. The van der Waals surface area contributed by atoms with Crippen molar-refractivity contribution in [1.29, 1.82) is 0 Å². The topological polar surface area (TPSA) is 76.4 Å². The molecule has 2 heterocycles. The Morgan fingerprint density at radius 2 is 1.73 bits per heavy atom. The number of carbonyl (C=O) groups excluding carboxylic acids is 1. The third-order valence-corrected chi connectivity index (χ3v) is 5.00. The van der Waals surface area contributed by atoms with Gasteiger partial charge in [-0.25, -0.2) is 4.39 Å².